The maximum atomic E-state index is 5.88. The number of rotatable bonds is 7. The highest BCUT2D eigenvalue weighted by atomic mass is 16.5. The summed E-state index contributed by atoms with van der Waals surface area (Å²) in [5.41, 5.74) is 6.73. The molecule has 0 spiro atoms. The Morgan fingerprint density at radius 1 is 1.10 bits per heavy atom. The lowest BCUT2D eigenvalue weighted by Gasteiger charge is -2.26. The van der Waals surface area contributed by atoms with Gasteiger partial charge >= 0.3 is 0 Å². The van der Waals surface area contributed by atoms with Crippen LogP contribution in [0.5, 0.6) is 11.5 Å². The van der Waals surface area contributed by atoms with Crippen molar-refractivity contribution in [1.29, 1.82) is 0 Å². The van der Waals surface area contributed by atoms with Crippen molar-refractivity contribution in [2.24, 2.45) is 5.73 Å². The monoisotopic (exact) mass is 278 g/mol. The van der Waals surface area contributed by atoms with Crippen LogP contribution in [-0.2, 0) is 6.54 Å². The average molecular weight is 278 g/mol. The van der Waals surface area contributed by atoms with Crippen molar-refractivity contribution in [3.8, 4) is 11.5 Å². The molecule has 0 aromatic heterocycles. The lowest BCUT2D eigenvalue weighted by molar-refractivity contribution is 0.179. The number of likely N-dealkylation sites (tertiary alicyclic amines) is 1. The molecule has 4 heteroatoms. The van der Waals surface area contributed by atoms with Crippen LogP contribution < -0.4 is 15.2 Å². The van der Waals surface area contributed by atoms with E-state index in [1.807, 2.05) is 25.1 Å². The summed E-state index contributed by atoms with van der Waals surface area (Å²) in [5, 5.41) is 0. The molecule has 0 unspecified atom stereocenters. The number of piperidine rings is 1. The summed E-state index contributed by atoms with van der Waals surface area (Å²) in [6.07, 6.45) is 4.00. The smallest absolute Gasteiger partial charge is 0.161 e. The summed E-state index contributed by atoms with van der Waals surface area (Å²) in [4.78, 5) is 2.47. The fraction of sp³-hybridized carbons (Fsp3) is 0.625. The Bertz CT molecular complexity index is 403. The maximum Gasteiger partial charge on any atom is 0.161 e. The lowest BCUT2D eigenvalue weighted by Crippen LogP contribution is -2.33. The predicted molar refractivity (Wildman–Crippen MR) is 81.3 cm³/mol. The molecule has 1 aliphatic rings. The van der Waals surface area contributed by atoms with Gasteiger partial charge in [0.05, 0.1) is 6.61 Å². The molecule has 1 heterocycles. The van der Waals surface area contributed by atoms with Gasteiger partial charge in [0, 0.05) is 13.1 Å². The summed E-state index contributed by atoms with van der Waals surface area (Å²) >= 11 is 0. The fourth-order valence-corrected chi connectivity index (χ4v) is 2.53. The van der Waals surface area contributed by atoms with Crippen molar-refractivity contribution in [1.82, 2.24) is 4.90 Å². The van der Waals surface area contributed by atoms with Crippen LogP contribution in [0.1, 0.15) is 31.7 Å². The van der Waals surface area contributed by atoms with Crippen molar-refractivity contribution < 1.29 is 9.47 Å². The SMILES string of the molecule is CCOc1cc(CN)ccc1OCCN1CCCCC1. The van der Waals surface area contributed by atoms with Crippen LogP contribution in [0.3, 0.4) is 0 Å². The first kappa shape index (κ1) is 15.1. The van der Waals surface area contributed by atoms with Gasteiger partial charge in [-0.05, 0) is 50.6 Å². The standard InChI is InChI=1S/C16H26N2O2/c1-2-19-16-12-14(13-17)6-7-15(16)20-11-10-18-8-4-3-5-9-18/h6-7,12H,2-5,8-11,13,17H2,1H3. The molecule has 0 radical (unpaired) electrons. The molecule has 1 aliphatic heterocycles. The van der Waals surface area contributed by atoms with Gasteiger partial charge in [-0.2, -0.15) is 0 Å². The zero-order valence-corrected chi connectivity index (χ0v) is 12.4. The van der Waals surface area contributed by atoms with Gasteiger partial charge < -0.3 is 15.2 Å². The van der Waals surface area contributed by atoms with Crippen molar-refractivity contribution in [3.63, 3.8) is 0 Å². The van der Waals surface area contributed by atoms with E-state index in [9.17, 15) is 0 Å². The van der Waals surface area contributed by atoms with E-state index in [2.05, 4.69) is 4.90 Å². The van der Waals surface area contributed by atoms with Crippen LogP contribution in [-0.4, -0.2) is 37.7 Å². The Morgan fingerprint density at radius 3 is 2.60 bits per heavy atom. The van der Waals surface area contributed by atoms with Crippen LogP contribution in [0.25, 0.3) is 0 Å². The molecular weight excluding hydrogens is 252 g/mol. The maximum absolute atomic E-state index is 5.88. The van der Waals surface area contributed by atoms with E-state index in [0.717, 1.165) is 23.6 Å². The van der Waals surface area contributed by atoms with Crippen LogP contribution >= 0.6 is 0 Å². The molecule has 1 saturated heterocycles. The normalized spacial score (nSPS) is 16.1. The Labute approximate surface area is 121 Å². The van der Waals surface area contributed by atoms with E-state index in [4.69, 9.17) is 15.2 Å². The predicted octanol–water partition coefficient (Wildman–Crippen LogP) is 2.41. The minimum atomic E-state index is 0.522. The van der Waals surface area contributed by atoms with Crippen molar-refractivity contribution in [2.75, 3.05) is 32.8 Å². The first-order valence-electron chi connectivity index (χ1n) is 7.64. The van der Waals surface area contributed by atoms with Crippen LogP contribution in [0.15, 0.2) is 18.2 Å². The highest BCUT2D eigenvalue weighted by Crippen LogP contribution is 2.28. The van der Waals surface area contributed by atoms with Crippen LogP contribution in [0.4, 0.5) is 0 Å². The summed E-state index contributed by atoms with van der Waals surface area (Å²) in [6, 6.07) is 5.93. The summed E-state index contributed by atoms with van der Waals surface area (Å²) < 4.78 is 11.5. The quantitative estimate of drug-likeness (QED) is 0.832. The first-order chi connectivity index (χ1) is 9.83. The molecule has 1 fully saturated rings. The minimum Gasteiger partial charge on any atom is -0.490 e. The lowest BCUT2D eigenvalue weighted by atomic mass is 10.1. The summed E-state index contributed by atoms with van der Waals surface area (Å²) in [6.45, 7) is 7.24. The average Bonchev–Trinajstić information content (AvgIpc) is 2.50. The van der Waals surface area contributed by atoms with Crippen molar-refractivity contribution >= 4 is 0 Å². The largest absolute Gasteiger partial charge is 0.490 e. The molecule has 20 heavy (non-hydrogen) atoms. The molecule has 1 aromatic rings. The Balaban J connectivity index is 1.87. The number of nitrogens with zero attached hydrogens (tertiary/aromatic N) is 1. The van der Waals surface area contributed by atoms with Gasteiger partial charge in [0.15, 0.2) is 11.5 Å². The summed E-state index contributed by atoms with van der Waals surface area (Å²) in [5.74, 6) is 1.62. The molecule has 2 N–H and O–H groups in total. The molecule has 1 aromatic carbocycles. The van der Waals surface area contributed by atoms with Gasteiger partial charge in [-0.25, -0.2) is 0 Å². The van der Waals surface area contributed by atoms with Gasteiger partial charge in [0.1, 0.15) is 6.61 Å². The second-order valence-corrected chi connectivity index (χ2v) is 5.17. The van der Waals surface area contributed by atoms with E-state index in [0.29, 0.717) is 19.8 Å². The van der Waals surface area contributed by atoms with E-state index in [-0.39, 0.29) is 0 Å². The second-order valence-electron chi connectivity index (χ2n) is 5.17. The topological polar surface area (TPSA) is 47.7 Å². The van der Waals surface area contributed by atoms with E-state index in [1.54, 1.807) is 0 Å². The van der Waals surface area contributed by atoms with Crippen LogP contribution in [0.2, 0.25) is 0 Å². The molecule has 112 valence electrons. The van der Waals surface area contributed by atoms with Gasteiger partial charge in [-0.3, -0.25) is 4.90 Å². The van der Waals surface area contributed by atoms with E-state index < -0.39 is 0 Å². The van der Waals surface area contributed by atoms with Gasteiger partial charge in [0.2, 0.25) is 0 Å². The third-order valence-electron chi connectivity index (χ3n) is 3.66. The molecular formula is C16H26N2O2. The third kappa shape index (κ3) is 4.39. The molecule has 0 bridgehead atoms. The molecule has 0 saturated carbocycles. The van der Waals surface area contributed by atoms with E-state index in [1.165, 1.54) is 32.4 Å². The van der Waals surface area contributed by atoms with Gasteiger partial charge in [-0.1, -0.05) is 12.5 Å². The molecule has 0 amide bonds. The number of hydrogen-bond donors (Lipinski definition) is 1. The highest BCUT2D eigenvalue weighted by Gasteiger charge is 2.11. The molecule has 0 atom stereocenters. The second kappa shape index (κ2) is 8.12. The first-order valence-corrected chi connectivity index (χ1v) is 7.64. The number of nitrogens with two attached hydrogens (primary N) is 1. The molecule has 4 nitrogen and oxygen atoms in total. The zero-order valence-electron chi connectivity index (χ0n) is 12.4. The Hall–Kier alpha value is -1.26. The van der Waals surface area contributed by atoms with Gasteiger partial charge in [0.25, 0.3) is 0 Å². The summed E-state index contributed by atoms with van der Waals surface area (Å²) in [7, 11) is 0. The number of ether oxygens (including phenoxy) is 2. The third-order valence-corrected chi connectivity index (χ3v) is 3.66. The Morgan fingerprint density at radius 2 is 1.90 bits per heavy atom. The zero-order chi connectivity index (χ0) is 14.2. The van der Waals surface area contributed by atoms with E-state index >= 15 is 0 Å². The molecule has 0 aliphatic carbocycles. The van der Waals surface area contributed by atoms with Gasteiger partial charge in [-0.15, -0.1) is 0 Å². The van der Waals surface area contributed by atoms with Crippen molar-refractivity contribution in [3.05, 3.63) is 23.8 Å². The highest BCUT2D eigenvalue weighted by molar-refractivity contribution is 5.43. The number of benzene rings is 1. The fourth-order valence-electron chi connectivity index (χ4n) is 2.53. The number of hydrogen-bond acceptors (Lipinski definition) is 4. The van der Waals surface area contributed by atoms with Crippen molar-refractivity contribution in [2.45, 2.75) is 32.7 Å². The Kier molecular flexibility index (Phi) is 6.15. The minimum absolute atomic E-state index is 0.522. The molecule has 2 rings (SSSR count). The van der Waals surface area contributed by atoms with Crippen LogP contribution in [0, 0.1) is 0 Å².